The maximum absolute atomic E-state index is 13.1. The van der Waals surface area contributed by atoms with Crippen LogP contribution in [0.3, 0.4) is 0 Å². The van der Waals surface area contributed by atoms with E-state index in [9.17, 15) is 14.0 Å². The Morgan fingerprint density at radius 2 is 1.56 bits per heavy atom. The number of thiocarbonyl (C=S) groups is 1. The third kappa shape index (κ3) is 3.41. The van der Waals surface area contributed by atoms with E-state index in [4.69, 9.17) is 12.2 Å². The number of nitrogens with zero attached hydrogens (tertiary/aromatic N) is 1. The number of Topliss-reactive ketones (excluding diaryl/α,β-unsaturated/α-hetero) is 1. The molecule has 3 rings (SSSR count). The number of allylic oxidation sites excluding steroid dienone is 1. The average molecular weight is 371 g/mol. The van der Waals surface area contributed by atoms with Gasteiger partial charge in [-0.05, 0) is 61.4 Å². The van der Waals surface area contributed by atoms with Crippen LogP contribution in [0, 0.1) is 5.82 Å². The molecule has 0 saturated carbocycles. The molecule has 0 aromatic heterocycles. The molecule has 1 amide bonds. The van der Waals surface area contributed by atoms with E-state index < -0.39 is 0 Å². The van der Waals surface area contributed by atoms with Gasteiger partial charge in [0, 0.05) is 5.56 Å². The number of thioether (sulfide) groups is 1. The average Bonchev–Trinajstić information content (AvgIpc) is 2.89. The number of carbonyl (C=O) groups is 2. The fraction of sp³-hybridized carbons (Fsp3) is 0.105. The first-order valence-corrected chi connectivity index (χ1v) is 8.75. The Bertz CT molecular complexity index is 902. The molecule has 1 heterocycles. The fourth-order valence-corrected chi connectivity index (χ4v) is 3.84. The van der Waals surface area contributed by atoms with Crippen molar-refractivity contribution in [1.29, 1.82) is 0 Å². The second-order valence-electron chi connectivity index (χ2n) is 5.57. The maximum atomic E-state index is 13.1. The van der Waals surface area contributed by atoms with Gasteiger partial charge in [-0.15, -0.1) is 0 Å². The summed E-state index contributed by atoms with van der Waals surface area (Å²) in [7, 11) is 0. The predicted octanol–water partition coefficient (Wildman–Crippen LogP) is 4.82. The van der Waals surface area contributed by atoms with Gasteiger partial charge in [0.05, 0.1) is 10.6 Å². The molecule has 3 nitrogen and oxygen atoms in total. The lowest BCUT2D eigenvalue weighted by molar-refractivity contribution is -0.113. The highest BCUT2D eigenvalue weighted by Gasteiger charge is 2.34. The summed E-state index contributed by atoms with van der Waals surface area (Å²) in [6.45, 7) is 3.31. The van der Waals surface area contributed by atoms with Crippen molar-refractivity contribution in [3.05, 3.63) is 70.4 Å². The Kier molecular flexibility index (Phi) is 4.83. The van der Waals surface area contributed by atoms with E-state index in [1.807, 2.05) is 6.92 Å². The largest absolute Gasteiger partial charge is 0.295 e. The Balaban J connectivity index is 1.95. The van der Waals surface area contributed by atoms with E-state index in [0.717, 1.165) is 11.1 Å². The van der Waals surface area contributed by atoms with Gasteiger partial charge in [0.25, 0.3) is 5.91 Å². The molecule has 0 atom stereocenters. The number of ketones is 1. The second kappa shape index (κ2) is 6.90. The fourth-order valence-electron chi connectivity index (χ4n) is 2.50. The number of rotatable bonds is 3. The van der Waals surface area contributed by atoms with Crippen molar-refractivity contribution >= 4 is 51.3 Å². The zero-order valence-electron chi connectivity index (χ0n) is 13.6. The van der Waals surface area contributed by atoms with Crippen LogP contribution in [0.4, 0.5) is 10.1 Å². The zero-order chi connectivity index (χ0) is 18.1. The molecule has 2 aromatic carbocycles. The van der Waals surface area contributed by atoms with Crippen molar-refractivity contribution in [3.8, 4) is 0 Å². The lowest BCUT2D eigenvalue weighted by Crippen LogP contribution is -2.27. The number of hydrogen-bond acceptors (Lipinski definition) is 4. The van der Waals surface area contributed by atoms with Gasteiger partial charge in [0.15, 0.2) is 10.1 Å². The van der Waals surface area contributed by atoms with E-state index in [-0.39, 0.29) is 17.5 Å². The third-order valence-electron chi connectivity index (χ3n) is 3.92. The second-order valence-corrected chi connectivity index (χ2v) is 7.22. The molecule has 0 unspecified atom stereocenters. The molecule has 1 aliphatic heterocycles. The van der Waals surface area contributed by atoms with E-state index >= 15 is 0 Å². The molecule has 0 N–H and O–H groups in total. The molecular formula is C19H14FNO2S2. The molecule has 2 aromatic rings. The molecule has 0 aliphatic carbocycles. The van der Waals surface area contributed by atoms with Crippen molar-refractivity contribution in [2.24, 2.45) is 0 Å². The highest BCUT2D eigenvalue weighted by molar-refractivity contribution is 8.27. The van der Waals surface area contributed by atoms with Crippen LogP contribution in [0.5, 0.6) is 0 Å². The van der Waals surface area contributed by atoms with Crippen molar-refractivity contribution in [3.63, 3.8) is 0 Å². The van der Waals surface area contributed by atoms with Gasteiger partial charge in [-0.2, -0.15) is 0 Å². The van der Waals surface area contributed by atoms with Crippen LogP contribution in [0.2, 0.25) is 0 Å². The lowest BCUT2D eigenvalue weighted by atomic mass is 10.1. The number of benzene rings is 2. The van der Waals surface area contributed by atoms with Crippen LogP contribution in [-0.2, 0) is 4.79 Å². The molecule has 0 spiro atoms. The number of halogens is 1. The van der Waals surface area contributed by atoms with Crippen molar-refractivity contribution < 1.29 is 14.0 Å². The summed E-state index contributed by atoms with van der Waals surface area (Å²) in [6, 6.07) is 12.8. The van der Waals surface area contributed by atoms with E-state index in [0.29, 0.717) is 20.5 Å². The van der Waals surface area contributed by atoms with Gasteiger partial charge in [-0.25, -0.2) is 4.39 Å². The van der Waals surface area contributed by atoms with Crippen molar-refractivity contribution in [2.75, 3.05) is 4.90 Å². The summed E-state index contributed by atoms with van der Waals surface area (Å²) in [5, 5.41) is 0. The Hall–Kier alpha value is -2.31. The highest BCUT2D eigenvalue weighted by atomic mass is 32.2. The summed E-state index contributed by atoms with van der Waals surface area (Å²) in [4.78, 5) is 26.2. The highest BCUT2D eigenvalue weighted by Crippen LogP contribution is 2.39. The predicted molar refractivity (Wildman–Crippen MR) is 103 cm³/mol. The van der Waals surface area contributed by atoms with Crippen molar-refractivity contribution in [2.45, 2.75) is 13.8 Å². The first-order valence-electron chi connectivity index (χ1n) is 7.52. The summed E-state index contributed by atoms with van der Waals surface area (Å²) in [5.74, 6) is -0.578. The van der Waals surface area contributed by atoms with Crippen LogP contribution in [0.1, 0.15) is 29.8 Å². The molecular weight excluding hydrogens is 357 g/mol. The number of carbonyl (C=O) groups excluding carboxylic acids is 2. The third-order valence-corrected chi connectivity index (χ3v) is 5.39. The van der Waals surface area contributed by atoms with Crippen LogP contribution in [0.15, 0.2) is 53.4 Å². The molecule has 6 heteroatoms. The minimum Gasteiger partial charge on any atom is -0.295 e. The van der Waals surface area contributed by atoms with E-state index in [1.165, 1.54) is 35.7 Å². The minimum absolute atomic E-state index is 0.0380. The standard InChI is InChI=1S/C19H14FNO2S2/c1-11(13-3-7-15(20)8-4-13)17-18(23)21(19(24)25-17)16-9-5-14(6-10-16)12(2)22/h3-10H,1-2H3/b17-11-. The lowest BCUT2D eigenvalue weighted by Gasteiger charge is -2.15. The summed E-state index contributed by atoms with van der Waals surface area (Å²) < 4.78 is 13.5. The molecule has 0 radical (unpaired) electrons. The van der Waals surface area contributed by atoms with Gasteiger partial charge in [-0.1, -0.05) is 36.1 Å². The molecule has 1 fully saturated rings. The van der Waals surface area contributed by atoms with Gasteiger partial charge in [-0.3, -0.25) is 14.5 Å². The van der Waals surface area contributed by atoms with Crippen LogP contribution in [0.25, 0.3) is 5.57 Å². The molecule has 0 bridgehead atoms. The molecule has 1 saturated heterocycles. The molecule has 126 valence electrons. The van der Waals surface area contributed by atoms with Crippen LogP contribution in [-0.4, -0.2) is 16.0 Å². The SMILES string of the molecule is CC(=O)c1ccc(N2C(=O)/C(=C(\C)c3ccc(F)cc3)SC2=S)cc1. The normalized spacial score (nSPS) is 16.4. The van der Waals surface area contributed by atoms with E-state index in [1.54, 1.807) is 36.4 Å². The van der Waals surface area contributed by atoms with E-state index in [2.05, 4.69) is 0 Å². The molecule has 25 heavy (non-hydrogen) atoms. The first-order chi connectivity index (χ1) is 11.9. The monoisotopic (exact) mass is 371 g/mol. The smallest absolute Gasteiger partial charge is 0.271 e. The van der Waals surface area contributed by atoms with Gasteiger partial charge < -0.3 is 0 Å². The topological polar surface area (TPSA) is 37.4 Å². The summed E-state index contributed by atoms with van der Waals surface area (Å²) in [5.41, 5.74) is 2.72. The Labute approximate surface area is 154 Å². The summed E-state index contributed by atoms with van der Waals surface area (Å²) in [6.07, 6.45) is 0. The number of hydrogen-bond donors (Lipinski definition) is 0. The van der Waals surface area contributed by atoms with Gasteiger partial charge in [0.1, 0.15) is 5.82 Å². The maximum Gasteiger partial charge on any atom is 0.271 e. The number of anilines is 1. The number of amides is 1. The quantitative estimate of drug-likeness (QED) is 0.440. The Morgan fingerprint density at radius 1 is 1.00 bits per heavy atom. The Morgan fingerprint density at radius 3 is 2.12 bits per heavy atom. The zero-order valence-corrected chi connectivity index (χ0v) is 15.2. The summed E-state index contributed by atoms with van der Waals surface area (Å²) >= 11 is 6.58. The van der Waals surface area contributed by atoms with Crippen LogP contribution < -0.4 is 4.90 Å². The minimum atomic E-state index is -0.324. The van der Waals surface area contributed by atoms with Crippen LogP contribution >= 0.6 is 24.0 Å². The first kappa shape index (κ1) is 17.5. The van der Waals surface area contributed by atoms with Crippen molar-refractivity contribution in [1.82, 2.24) is 0 Å². The molecule has 1 aliphatic rings. The van der Waals surface area contributed by atoms with Gasteiger partial charge >= 0.3 is 0 Å². The van der Waals surface area contributed by atoms with Gasteiger partial charge in [0.2, 0.25) is 0 Å².